The maximum absolute atomic E-state index is 13.5. The first-order valence-electron chi connectivity index (χ1n) is 12.2. The number of pyridine rings is 1. The number of fused-ring (bicyclic) bond motifs is 1. The van der Waals surface area contributed by atoms with Crippen LogP contribution in [0.1, 0.15) is 53.9 Å². The van der Waals surface area contributed by atoms with E-state index in [0.29, 0.717) is 23.9 Å². The fraction of sp³-hybridized carbons (Fsp3) is 0.407. The predicted molar refractivity (Wildman–Crippen MR) is 136 cm³/mol. The van der Waals surface area contributed by atoms with Gasteiger partial charge < -0.3 is 9.72 Å². The molecule has 2 aromatic heterocycles. The zero-order valence-corrected chi connectivity index (χ0v) is 20.8. The van der Waals surface area contributed by atoms with Gasteiger partial charge in [0, 0.05) is 17.6 Å². The molecule has 0 radical (unpaired) electrons. The number of nitrogens with one attached hydrogen (secondary N) is 1. The molecule has 0 unspecified atom stereocenters. The molecule has 0 spiro atoms. The summed E-state index contributed by atoms with van der Waals surface area (Å²) in [6.45, 7) is 8.72. The van der Waals surface area contributed by atoms with Gasteiger partial charge in [-0.2, -0.15) is 0 Å². The highest BCUT2D eigenvalue weighted by molar-refractivity contribution is 5.81. The van der Waals surface area contributed by atoms with Crippen LogP contribution in [0.4, 0.5) is 0 Å². The fourth-order valence-corrected chi connectivity index (χ4v) is 5.08. The Labute approximate surface area is 204 Å². The molecule has 1 saturated heterocycles. The summed E-state index contributed by atoms with van der Waals surface area (Å²) < 4.78 is 7.10. The van der Waals surface area contributed by atoms with Crippen LogP contribution in [0.15, 0.2) is 47.3 Å². The fourth-order valence-electron chi connectivity index (χ4n) is 5.08. The third-order valence-electron chi connectivity index (χ3n) is 7.13. The molecule has 1 aliphatic rings. The highest BCUT2D eigenvalue weighted by Crippen LogP contribution is 2.31. The Balaban J connectivity index is 1.60. The molecule has 35 heavy (non-hydrogen) atoms. The van der Waals surface area contributed by atoms with Crippen molar-refractivity contribution in [1.82, 2.24) is 30.1 Å². The van der Waals surface area contributed by atoms with E-state index in [4.69, 9.17) is 4.74 Å². The van der Waals surface area contributed by atoms with E-state index in [-0.39, 0.29) is 11.6 Å². The van der Waals surface area contributed by atoms with Crippen molar-refractivity contribution in [1.29, 1.82) is 0 Å². The van der Waals surface area contributed by atoms with Crippen LogP contribution >= 0.6 is 0 Å². The van der Waals surface area contributed by atoms with Gasteiger partial charge in [0.15, 0.2) is 5.82 Å². The lowest BCUT2D eigenvalue weighted by Crippen LogP contribution is -2.41. The Morgan fingerprint density at radius 3 is 2.66 bits per heavy atom. The van der Waals surface area contributed by atoms with Gasteiger partial charge in [0.05, 0.1) is 13.7 Å². The molecular weight excluding hydrogens is 440 g/mol. The number of piperidine rings is 1. The second kappa shape index (κ2) is 9.62. The zero-order chi connectivity index (χ0) is 24.5. The molecule has 2 atom stereocenters. The van der Waals surface area contributed by atoms with Gasteiger partial charge >= 0.3 is 0 Å². The first kappa shape index (κ1) is 23.2. The van der Waals surface area contributed by atoms with E-state index in [1.807, 2.05) is 41.1 Å². The van der Waals surface area contributed by atoms with Crippen LogP contribution in [0.25, 0.3) is 10.9 Å². The van der Waals surface area contributed by atoms with Crippen molar-refractivity contribution < 1.29 is 4.74 Å². The van der Waals surface area contributed by atoms with Crippen molar-refractivity contribution in [3.05, 3.63) is 80.9 Å². The molecule has 4 aromatic rings. The monoisotopic (exact) mass is 472 g/mol. The van der Waals surface area contributed by atoms with Crippen LogP contribution in [0.2, 0.25) is 0 Å². The summed E-state index contributed by atoms with van der Waals surface area (Å²) in [5, 5.41) is 13.8. The molecular formula is C27H32N6O2. The lowest BCUT2D eigenvalue weighted by atomic mass is 9.95. The number of H-pyrrole nitrogens is 1. The second-order valence-electron chi connectivity index (χ2n) is 9.77. The van der Waals surface area contributed by atoms with E-state index in [1.165, 1.54) is 12.0 Å². The molecule has 2 aromatic carbocycles. The van der Waals surface area contributed by atoms with Crippen LogP contribution in [-0.2, 0) is 6.54 Å². The van der Waals surface area contributed by atoms with E-state index in [9.17, 15) is 4.79 Å². The molecule has 0 bridgehead atoms. The van der Waals surface area contributed by atoms with Gasteiger partial charge in [0.25, 0.3) is 5.56 Å². The van der Waals surface area contributed by atoms with Gasteiger partial charge in [-0.05, 0) is 102 Å². The number of hydrogen-bond donors (Lipinski definition) is 1. The maximum atomic E-state index is 13.5. The molecule has 1 aliphatic heterocycles. The topological polar surface area (TPSA) is 88.9 Å². The number of aromatic amines is 1. The van der Waals surface area contributed by atoms with Gasteiger partial charge in [0.2, 0.25) is 0 Å². The van der Waals surface area contributed by atoms with Crippen LogP contribution < -0.4 is 10.3 Å². The predicted octanol–water partition coefficient (Wildman–Crippen LogP) is 4.01. The normalized spacial score (nSPS) is 17.5. The number of nitrogens with zero attached hydrogens (tertiary/aromatic N) is 5. The molecule has 8 heteroatoms. The maximum Gasteiger partial charge on any atom is 0.253 e. The minimum absolute atomic E-state index is 0.0945. The van der Waals surface area contributed by atoms with E-state index < -0.39 is 0 Å². The highest BCUT2D eigenvalue weighted by Gasteiger charge is 2.32. The third-order valence-corrected chi connectivity index (χ3v) is 7.13. The van der Waals surface area contributed by atoms with E-state index in [2.05, 4.69) is 52.2 Å². The first-order valence-corrected chi connectivity index (χ1v) is 12.2. The summed E-state index contributed by atoms with van der Waals surface area (Å²) in [5.74, 6) is 2.03. The molecule has 5 rings (SSSR count). The van der Waals surface area contributed by atoms with Gasteiger partial charge in [-0.15, -0.1) is 5.10 Å². The number of tetrazole rings is 1. The molecule has 8 nitrogen and oxygen atoms in total. The smallest absolute Gasteiger partial charge is 0.253 e. The number of methoxy groups -OCH3 is 1. The van der Waals surface area contributed by atoms with Crippen molar-refractivity contribution in [2.24, 2.45) is 5.92 Å². The van der Waals surface area contributed by atoms with Crippen molar-refractivity contribution >= 4 is 10.9 Å². The summed E-state index contributed by atoms with van der Waals surface area (Å²) in [6, 6.07) is 13.8. The molecule has 182 valence electrons. The van der Waals surface area contributed by atoms with Gasteiger partial charge in [-0.1, -0.05) is 19.1 Å². The van der Waals surface area contributed by atoms with Crippen molar-refractivity contribution in [3.8, 4) is 5.75 Å². The standard InChI is InChI=1S/C27H32N6O2/c1-17-6-5-11-32(15-17)25(23-14-21-12-18(2)19(3)13-24(21)28-27(23)34)26-29-30-31-33(26)16-20-7-9-22(35-4)10-8-20/h7-10,12-14,17,25H,5-6,11,15-16H2,1-4H3,(H,28,34)/t17-,25-/m1/s1. The average Bonchev–Trinajstić information content (AvgIpc) is 3.29. The Bertz CT molecular complexity index is 1390. The SMILES string of the molecule is COc1ccc(Cn2nnnc2[C@@H](c2cc3cc(C)c(C)cc3[nH]c2=O)N2CCC[C@@H](C)C2)cc1. The van der Waals surface area contributed by atoms with E-state index >= 15 is 0 Å². The van der Waals surface area contributed by atoms with Gasteiger partial charge in [-0.25, -0.2) is 4.68 Å². The molecule has 0 aliphatic carbocycles. The van der Waals surface area contributed by atoms with Crippen LogP contribution in [-0.4, -0.2) is 50.3 Å². The number of aromatic nitrogens is 5. The molecule has 3 heterocycles. The Morgan fingerprint density at radius 2 is 1.91 bits per heavy atom. The number of hydrogen-bond acceptors (Lipinski definition) is 6. The summed E-state index contributed by atoms with van der Waals surface area (Å²) in [4.78, 5) is 18.9. The number of aryl methyl sites for hydroxylation is 2. The lowest BCUT2D eigenvalue weighted by molar-refractivity contribution is 0.141. The molecule has 1 N–H and O–H groups in total. The number of likely N-dealkylation sites (tertiary alicyclic amines) is 1. The van der Waals surface area contributed by atoms with Gasteiger partial charge in [-0.3, -0.25) is 9.69 Å². The quantitative estimate of drug-likeness (QED) is 0.456. The van der Waals surface area contributed by atoms with Crippen LogP contribution in [0.5, 0.6) is 5.75 Å². The minimum atomic E-state index is -0.333. The molecule has 0 saturated carbocycles. The third kappa shape index (κ3) is 4.71. The number of ether oxygens (including phenoxy) is 1. The first-order chi connectivity index (χ1) is 16.9. The summed E-state index contributed by atoms with van der Waals surface area (Å²) in [7, 11) is 1.66. The van der Waals surface area contributed by atoms with Crippen molar-refractivity contribution in [2.45, 2.75) is 46.2 Å². The van der Waals surface area contributed by atoms with E-state index in [1.54, 1.807) is 7.11 Å². The Kier molecular flexibility index (Phi) is 6.38. The zero-order valence-electron chi connectivity index (χ0n) is 20.8. The molecule has 0 amide bonds. The largest absolute Gasteiger partial charge is 0.497 e. The Hall–Kier alpha value is -3.52. The van der Waals surface area contributed by atoms with E-state index in [0.717, 1.165) is 47.3 Å². The average molecular weight is 473 g/mol. The number of benzene rings is 2. The Morgan fingerprint density at radius 1 is 1.14 bits per heavy atom. The van der Waals surface area contributed by atoms with Crippen LogP contribution in [0.3, 0.4) is 0 Å². The molecule has 1 fully saturated rings. The second-order valence-corrected chi connectivity index (χ2v) is 9.77. The highest BCUT2D eigenvalue weighted by atomic mass is 16.5. The number of rotatable bonds is 6. The summed E-state index contributed by atoms with van der Waals surface area (Å²) in [6.07, 6.45) is 2.27. The van der Waals surface area contributed by atoms with Crippen molar-refractivity contribution in [2.75, 3.05) is 20.2 Å². The van der Waals surface area contributed by atoms with Crippen LogP contribution in [0, 0.1) is 19.8 Å². The van der Waals surface area contributed by atoms with Gasteiger partial charge in [0.1, 0.15) is 11.8 Å². The summed E-state index contributed by atoms with van der Waals surface area (Å²) >= 11 is 0. The lowest BCUT2D eigenvalue weighted by Gasteiger charge is -2.36. The van der Waals surface area contributed by atoms with Crippen molar-refractivity contribution in [3.63, 3.8) is 0 Å². The minimum Gasteiger partial charge on any atom is -0.497 e. The summed E-state index contributed by atoms with van der Waals surface area (Å²) in [5.41, 5.74) is 4.85.